The standard InChI is InChI=1S/C16H23N5O/c1-11-8-17-18-16(11)14-5-4-6-20(9-14)15(22)10-21-13(3)7-12(2)19-21/h7-8,14H,4-6,9-10H2,1-3H3,(H,17,18)/t14-/m0/s1. The van der Waals surface area contributed by atoms with Crippen LogP contribution in [0.25, 0.3) is 0 Å². The predicted octanol–water partition coefficient (Wildman–Crippen LogP) is 1.94. The van der Waals surface area contributed by atoms with Gasteiger partial charge in [-0.2, -0.15) is 10.2 Å². The monoisotopic (exact) mass is 301 g/mol. The molecule has 22 heavy (non-hydrogen) atoms. The summed E-state index contributed by atoms with van der Waals surface area (Å²) in [5.41, 5.74) is 4.33. The van der Waals surface area contributed by atoms with Gasteiger partial charge in [-0.25, -0.2) is 0 Å². The molecular formula is C16H23N5O. The van der Waals surface area contributed by atoms with Crippen LogP contribution < -0.4 is 0 Å². The Balaban J connectivity index is 1.68. The van der Waals surface area contributed by atoms with Crippen LogP contribution in [0.4, 0.5) is 0 Å². The maximum Gasteiger partial charge on any atom is 0.244 e. The van der Waals surface area contributed by atoms with E-state index in [9.17, 15) is 4.79 Å². The number of likely N-dealkylation sites (tertiary alicyclic amines) is 1. The third kappa shape index (κ3) is 2.91. The highest BCUT2D eigenvalue weighted by Gasteiger charge is 2.26. The number of hydrogen-bond acceptors (Lipinski definition) is 3. The van der Waals surface area contributed by atoms with Crippen molar-refractivity contribution in [3.05, 3.63) is 34.9 Å². The van der Waals surface area contributed by atoms with Crippen molar-refractivity contribution < 1.29 is 4.79 Å². The van der Waals surface area contributed by atoms with Gasteiger partial charge >= 0.3 is 0 Å². The molecule has 118 valence electrons. The Hall–Kier alpha value is -2.11. The molecule has 3 rings (SSSR count). The molecule has 0 aliphatic carbocycles. The predicted molar refractivity (Wildman–Crippen MR) is 83.6 cm³/mol. The van der Waals surface area contributed by atoms with Gasteiger partial charge in [0.2, 0.25) is 5.91 Å². The second-order valence-electron chi connectivity index (χ2n) is 6.23. The van der Waals surface area contributed by atoms with Crippen molar-refractivity contribution in [1.82, 2.24) is 24.9 Å². The van der Waals surface area contributed by atoms with Crippen LogP contribution in [-0.4, -0.2) is 43.9 Å². The summed E-state index contributed by atoms with van der Waals surface area (Å²) in [7, 11) is 0. The molecule has 2 aromatic heterocycles. The van der Waals surface area contributed by atoms with Crippen LogP contribution in [0.1, 0.15) is 41.4 Å². The number of aryl methyl sites for hydroxylation is 3. The number of aromatic amines is 1. The maximum atomic E-state index is 12.6. The summed E-state index contributed by atoms with van der Waals surface area (Å²) in [4.78, 5) is 14.5. The van der Waals surface area contributed by atoms with E-state index < -0.39 is 0 Å². The summed E-state index contributed by atoms with van der Waals surface area (Å²) in [6.45, 7) is 7.93. The largest absolute Gasteiger partial charge is 0.340 e. The number of nitrogens with zero attached hydrogens (tertiary/aromatic N) is 4. The molecule has 1 amide bonds. The van der Waals surface area contributed by atoms with E-state index in [-0.39, 0.29) is 5.91 Å². The van der Waals surface area contributed by atoms with Gasteiger partial charge in [-0.1, -0.05) is 0 Å². The lowest BCUT2D eigenvalue weighted by Gasteiger charge is -2.32. The Kier molecular flexibility index (Phi) is 4.00. The zero-order chi connectivity index (χ0) is 15.7. The van der Waals surface area contributed by atoms with Crippen LogP contribution in [0.15, 0.2) is 12.3 Å². The summed E-state index contributed by atoms with van der Waals surface area (Å²) < 4.78 is 1.79. The van der Waals surface area contributed by atoms with Gasteiger partial charge in [-0.3, -0.25) is 14.6 Å². The van der Waals surface area contributed by atoms with Crippen LogP contribution in [0.2, 0.25) is 0 Å². The van der Waals surface area contributed by atoms with Crippen molar-refractivity contribution in [2.45, 2.75) is 46.1 Å². The molecule has 0 radical (unpaired) electrons. The maximum absolute atomic E-state index is 12.6. The first kappa shape index (κ1) is 14.8. The SMILES string of the molecule is Cc1cc(C)n(CC(=O)N2CCC[C@H](c3[nH]ncc3C)C2)n1. The highest BCUT2D eigenvalue weighted by molar-refractivity contribution is 5.76. The Morgan fingerprint density at radius 3 is 2.86 bits per heavy atom. The van der Waals surface area contributed by atoms with Crippen molar-refractivity contribution in [3.8, 4) is 0 Å². The van der Waals surface area contributed by atoms with Gasteiger partial charge in [0.1, 0.15) is 6.54 Å². The first-order chi connectivity index (χ1) is 10.5. The van der Waals surface area contributed by atoms with Gasteiger partial charge in [0.05, 0.1) is 11.9 Å². The fourth-order valence-corrected chi connectivity index (χ4v) is 3.27. The molecule has 6 heteroatoms. The fraction of sp³-hybridized carbons (Fsp3) is 0.562. The smallest absolute Gasteiger partial charge is 0.244 e. The van der Waals surface area contributed by atoms with E-state index in [1.54, 1.807) is 4.68 Å². The number of nitrogens with one attached hydrogen (secondary N) is 1. The summed E-state index contributed by atoms with van der Waals surface area (Å²) in [6, 6.07) is 2.00. The summed E-state index contributed by atoms with van der Waals surface area (Å²) in [5.74, 6) is 0.508. The molecule has 0 aromatic carbocycles. The van der Waals surface area contributed by atoms with Gasteiger partial charge in [0.15, 0.2) is 0 Å². The number of carbonyl (C=O) groups excluding carboxylic acids is 1. The zero-order valence-electron chi connectivity index (χ0n) is 13.5. The van der Waals surface area contributed by atoms with Crippen molar-refractivity contribution >= 4 is 5.91 Å². The molecule has 6 nitrogen and oxygen atoms in total. The molecule has 1 fully saturated rings. The molecule has 2 aromatic rings. The van der Waals surface area contributed by atoms with Gasteiger partial charge in [0, 0.05) is 30.4 Å². The minimum atomic E-state index is 0.146. The van der Waals surface area contributed by atoms with E-state index in [4.69, 9.17) is 0 Å². The minimum absolute atomic E-state index is 0.146. The average molecular weight is 301 g/mol. The van der Waals surface area contributed by atoms with Gasteiger partial charge in [-0.05, 0) is 45.2 Å². The molecule has 1 saturated heterocycles. The normalized spacial score (nSPS) is 18.7. The molecule has 0 bridgehead atoms. The van der Waals surface area contributed by atoms with E-state index in [2.05, 4.69) is 22.2 Å². The molecule has 0 unspecified atom stereocenters. The number of piperidine rings is 1. The van der Waals surface area contributed by atoms with Crippen molar-refractivity contribution in [1.29, 1.82) is 0 Å². The van der Waals surface area contributed by atoms with Crippen molar-refractivity contribution in [2.75, 3.05) is 13.1 Å². The highest BCUT2D eigenvalue weighted by Crippen LogP contribution is 2.27. The third-order valence-corrected chi connectivity index (χ3v) is 4.44. The lowest BCUT2D eigenvalue weighted by Crippen LogP contribution is -2.41. The Labute approximate surface area is 130 Å². The average Bonchev–Trinajstić information content (AvgIpc) is 3.05. The number of amides is 1. The summed E-state index contributed by atoms with van der Waals surface area (Å²) in [5, 5.41) is 11.6. The van der Waals surface area contributed by atoms with Gasteiger partial charge in [0.25, 0.3) is 0 Å². The number of hydrogen-bond donors (Lipinski definition) is 1. The summed E-state index contributed by atoms with van der Waals surface area (Å²) >= 11 is 0. The molecule has 1 aliphatic heterocycles. The van der Waals surface area contributed by atoms with Crippen LogP contribution in [0.3, 0.4) is 0 Å². The van der Waals surface area contributed by atoms with Crippen LogP contribution in [0, 0.1) is 20.8 Å². The number of aromatic nitrogens is 4. The van der Waals surface area contributed by atoms with E-state index in [1.807, 2.05) is 31.0 Å². The molecule has 1 aliphatic rings. The van der Waals surface area contributed by atoms with E-state index in [0.717, 1.165) is 37.3 Å². The topological polar surface area (TPSA) is 66.8 Å². The zero-order valence-corrected chi connectivity index (χ0v) is 13.5. The highest BCUT2D eigenvalue weighted by atomic mass is 16.2. The number of H-pyrrole nitrogens is 1. The van der Waals surface area contributed by atoms with Crippen LogP contribution >= 0.6 is 0 Å². The van der Waals surface area contributed by atoms with Gasteiger partial charge < -0.3 is 4.90 Å². The molecule has 0 spiro atoms. The molecular weight excluding hydrogens is 278 g/mol. The molecule has 3 heterocycles. The Bertz CT molecular complexity index is 672. The van der Waals surface area contributed by atoms with Crippen LogP contribution in [-0.2, 0) is 11.3 Å². The number of rotatable bonds is 3. The molecule has 0 saturated carbocycles. The Morgan fingerprint density at radius 2 is 2.23 bits per heavy atom. The van der Waals surface area contributed by atoms with Gasteiger partial charge in [-0.15, -0.1) is 0 Å². The third-order valence-electron chi connectivity index (χ3n) is 4.44. The van der Waals surface area contributed by atoms with E-state index >= 15 is 0 Å². The fourth-order valence-electron chi connectivity index (χ4n) is 3.27. The summed E-state index contributed by atoms with van der Waals surface area (Å²) in [6.07, 6.45) is 3.99. The van der Waals surface area contributed by atoms with E-state index in [0.29, 0.717) is 12.5 Å². The second-order valence-corrected chi connectivity index (χ2v) is 6.23. The van der Waals surface area contributed by atoms with Crippen molar-refractivity contribution in [3.63, 3.8) is 0 Å². The first-order valence-electron chi connectivity index (χ1n) is 7.83. The van der Waals surface area contributed by atoms with Crippen molar-refractivity contribution in [2.24, 2.45) is 0 Å². The molecule has 1 N–H and O–H groups in total. The Morgan fingerprint density at radius 1 is 1.41 bits per heavy atom. The van der Waals surface area contributed by atoms with Crippen LogP contribution in [0.5, 0.6) is 0 Å². The lowest BCUT2D eigenvalue weighted by molar-refractivity contribution is -0.133. The second kappa shape index (κ2) is 5.94. The molecule has 1 atom stereocenters. The quantitative estimate of drug-likeness (QED) is 0.942. The lowest BCUT2D eigenvalue weighted by atomic mass is 9.93. The number of carbonyl (C=O) groups is 1. The van der Waals surface area contributed by atoms with E-state index in [1.165, 1.54) is 11.3 Å². The first-order valence-corrected chi connectivity index (χ1v) is 7.83. The minimum Gasteiger partial charge on any atom is -0.340 e.